The van der Waals surface area contributed by atoms with Crippen LogP contribution in [0.25, 0.3) is 0 Å². The maximum atomic E-state index is 12.5. The lowest BCUT2D eigenvalue weighted by atomic mass is 9.99. The molecule has 9 heteroatoms. The van der Waals surface area contributed by atoms with Gasteiger partial charge in [-0.1, -0.05) is 0 Å². The Morgan fingerprint density at radius 2 is 1.72 bits per heavy atom. The molecule has 1 aliphatic rings. The Labute approximate surface area is 168 Å². The zero-order chi connectivity index (χ0) is 21.0. The molecular weight excluding hydrogens is 378 g/mol. The predicted octanol–water partition coefficient (Wildman–Crippen LogP) is 1.20. The second kappa shape index (κ2) is 8.78. The molecule has 2 aromatic carbocycles. The van der Waals surface area contributed by atoms with Crippen molar-refractivity contribution in [3.63, 3.8) is 0 Å². The third-order valence-corrected chi connectivity index (χ3v) is 4.97. The van der Waals surface area contributed by atoms with Crippen molar-refractivity contribution in [2.45, 2.75) is 13.0 Å². The van der Waals surface area contributed by atoms with E-state index in [0.29, 0.717) is 23.7 Å². The number of hydrogen-bond donors (Lipinski definition) is 2. The third-order valence-electron chi connectivity index (χ3n) is 4.97. The summed E-state index contributed by atoms with van der Waals surface area (Å²) in [4.78, 5) is 24.0. The van der Waals surface area contributed by atoms with Gasteiger partial charge in [0, 0.05) is 18.1 Å². The minimum absolute atomic E-state index is 0.0949. The van der Waals surface area contributed by atoms with Crippen LogP contribution in [0.3, 0.4) is 0 Å². The number of amides is 1. The highest BCUT2D eigenvalue weighted by atomic mass is 16.6. The van der Waals surface area contributed by atoms with Crippen LogP contribution in [0.4, 0.5) is 11.4 Å². The molecular formula is C20H24N3O6+. The fourth-order valence-corrected chi connectivity index (χ4v) is 3.50. The molecule has 1 amide bonds. The number of rotatable bonds is 7. The molecule has 2 aromatic rings. The van der Waals surface area contributed by atoms with Gasteiger partial charge in [0.1, 0.15) is 12.3 Å². The monoisotopic (exact) mass is 402 g/mol. The van der Waals surface area contributed by atoms with Crippen molar-refractivity contribution in [1.82, 2.24) is 0 Å². The van der Waals surface area contributed by atoms with Crippen LogP contribution in [0.1, 0.15) is 11.1 Å². The topological polar surface area (TPSA) is 104 Å². The van der Waals surface area contributed by atoms with Gasteiger partial charge in [-0.25, -0.2) is 0 Å². The number of fused-ring (bicyclic) bond motifs is 1. The molecule has 0 saturated carbocycles. The van der Waals surface area contributed by atoms with Crippen LogP contribution >= 0.6 is 0 Å². The average Bonchev–Trinajstić information content (AvgIpc) is 2.72. The van der Waals surface area contributed by atoms with Crippen molar-refractivity contribution in [3.05, 3.63) is 51.6 Å². The Balaban J connectivity index is 1.67. The number of quaternary nitrogens is 1. The van der Waals surface area contributed by atoms with Gasteiger partial charge in [-0.2, -0.15) is 0 Å². The molecule has 0 aliphatic carbocycles. The highest BCUT2D eigenvalue weighted by Crippen LogP contribution is 2.31. The molecule has 1 aliphatic heterocycles. The van der Waals surface area contributed by atoms with Gasteiger partial charge in [-0.15, -0.1) is 0 Å². The Morgan fingerprint density at radius 1 is 1.07 bits per heavy atom. The molecule has 0 radical (unpaired) electrons. The van der Waals surface area contributed by atoms with E-state index in [1.807, 2.05) is 12.1 Å². The van der Waals surface area contributed by atoms with Crippen molar-refractivity contribution in [2.24, 2.45) is 0 Å². The lowest BCUT2D eigenvalue weighted by molar-refractivity contribution is -0.907. The summed E-state index contributed by atoms with van der Waals surface area (Å²) in [6.07, 6.45) is 0.832. The van der Waals surface area contributed by atoms with Gasteiger partial charge in [0.25, 0.3) is 11.6 Å². The number of nitrogens with zero attached hydrogens (tertiary/aromatic N) is 1. The molecule has 1 heterocycles. The maximum absolute atomic E-state index is 12.5. The number of carbonyl (C=O) groups excluding carboxylic acids is 1. The van der Waals surface area contributed by atoms with Crippen LogP contribution in [-0.4, -0.2) is 45.2 Å². The summed E-state index contributed by atoms with van der Waals surface area (Å²) in [7, 11) is 4.62. The number of nitro groups is 1. The van der Waals surface area contributed by atoms with Gasteiger partial charge in [-0.3, -0.25) is 14.9 Å². The molecule has 0 aromatic heterocycles. The van der Waals surface area contributed by atoms with Crippen LogP contribution in [-0.2, 0) is 17.8 Å². The number of anilines is 1. The summed E-state index contributed by atoms with van der Waals surface area (Å²) in [5.41, 5.74) is 2.64. The Hall–Kier alpha value is -3.33. The fraction of sp³-hybridized carbons (Fsp3) is 0.350. The van der Waals surface area contributed by atoms with E-state index in [1.165, 1.54) is 30.9 Å². The molecule has 3 rings (SSSR count). The number of non-ortho nitro benzene ring substituents is 1. The lowest BCUT2D eigenvalue weighted by Gasteiger charge is -2.26. The van der Waals surface area contributed by atoms with Gasteiger partial charge in [0.2, 0.25) is 0 Å². The number of nitrogens with one attached hydrogen (secondary N) is 2. The number of benzene rings is 2. The van der Waals surface area contributed by atoms with Crippen LogP contribution in [0.15, 0.2) is 30.3 Å². The van der Waals surface area contributed by atoms with Gasteiger partial charge in [0.15, 0.2) is 18.0 Å². The number of methoxy groups -OCH3 is 3. The minimum atomic E-state index is -0.507. The fourth-order valence-electron chi connectivity index (χ4n) is 3.50. The maximum Gasteiger partial charge on any atom is 0.279 e. The highest BCUT2D eigenvalue weighted by Gasteiger charge is 2.24. The summed E-state index contributed by atoms with van der Waals surface area (Å²) in [6, 6.07) is 8.06. The van der Waals surface area contributed by atoms with Gasteiger partial charge in [0.05, 0.1) is 44.6 Å². The first-order chi connectivity index (χ1) is 13.9. The smallest absolute Gasteiger partial charge is 0.279 e. The van der Waals surface area contributed by atoms with E-state index in [4.69, 9.17) is 14.2 Å². The number of nitro benzene ring substituents is 1. The van der Waals surface area contributed by atoms with E-state index in [9.17, 15) is 14.9 Å². The first kappa shape index (κ1) is 20.4. The van der Waals surface area contributed by atoms with Crippen molar-refractivity contribution in [2.75, 3.05) is 39.7 Å². The molecule has 29 heavy (non-hydrogen) atoms. The molecule has 0 bridgehead atoms. The standard InChI is InChI=1S/C20H23N3O6/c1-27-17-10-15(23(25)26)4-5-16(17)21-20(24)12-22-7-6-13-8-18(28-2)19(29-3)9-14(13)11-22/h4-5,8-10H,6-7,11-12H2,1-3H3,(H,21,24)/p+1. The Kier molecular flexibility index (Phi) is 6.18. The van der Waals surface area contributed by atoms with Crippen molar-refractivity contribution in [1.29, 1.82) is 0 Å². The van der Waals surface area contributed by atoms with E-state index in [2.05, 4.69) is 5.32 Å². The summed E-state index contributed by atoms with van der Waals surface area (Å²) < 4.78 is 15.9. The average molecular weight is 402 g/mol. The largest absolute Gasteiger partial charge is 0.494 e. The van der Waals surface area contributed by atoms with Gasteiger partial charge < -0.3 is 24.4 Å². The zero-order valence-corrected chi connectivity index (χ0v) is 16.6. The van der Waals surface area contributed by atoms with Crippen LogP contribution < -0.4 is 24.4 Å². The molecule has 2 N–H and O–H groups in total. The predicted molar refractivity (Wildman–Crippen MR) is 106 cm³/mol. The number of hydrogen-bond acceptors (Lipinski definition) is 6. The third kappa shape index (κ3) is 4.57. The lowest BCUT2D eigenvalue weighted by Crippen LogP contribution is -3.12. The van der Waals surface area contributed by atoms with E-state index in [-0.39, 0.29) is 23.9 Å². The number of ether oxygens (including phenoxy) is 3. The summed E-state index contributed by atoms with van der Waals surface area (Å²) >= 11 is 0. The van der Waals surface area contributed by atoms with Crippen molar-refractivity contribution < 1.29 is 28.8 Å². The SMILES string of the molecule is COc1cc([N+](=O)[O-])ccc1NC(=O)C[NH+]1CCc2cc(OC)c(OC)cc2C1. The summed E-state index contributed by atoms with van der Waals surface area (Å²) in [5.74, 6) is 1.45. The van der Waals surface area contributed by atoms with E-state index in [1.54, 1.807) is 14.2 Å². The quantitative estimate of drug-likeness (QED) is 0.533. The van der Waals surface area contributed by atoms with E-state index >= 15 is 0 Å². The van der Waals surface area contributed by atoms with Gasteiger partial charge in [-0.05, 0) is 23.8 Å². The van der Waals surface area contributed by atoms with Gasteiger partial charge >= 0.3 is 0 Å². The second-order valence-electron chi connectivity index (χ2n) is 6.77. The number of carbonyl (C=O) groups is 1. The van der Waals surface area contributed by atoms with E-state index in [0.717, 1.165) is 23.4 Å². The molecule has 154 valence electrons. The minimum Gasteiger partial charge on any atom is -0.494 e. The van der Waals surface area contributed by atoms with Crippen molar-refractivity contribution >= 4 is 17.3 Å². The Morgan fingerprint density at radius 3 is 2.34 bits per heavy atom. The first-order valence-corrected chi connectivity index (χ1v) is 9.14. The molecule has 0 saturated heterocycles. The van der Waals surface area contributed by atoms with Crippen LogP contribution in [0.5, 0.6) is 17.2 Å². The second-order valence-corrected chi connectivity index (χ2v) is 6.77. The normalized spacial score (nSPS) is 15.2. The molecule has 1 unspecified atom stereocenters. The Bertz CT molecular complexity index is 931. The summed E-state index contributed by atoms with van der Waals surface area (Å²) in [5, 5.41) is 13.7. The zero-order valence-electron chi connectivity index (χ0n) is 16.6. The van der Waals surface area contributed by atoms with Crippen LogP contribution in [0.2, 0.25) is 0 Å². The molecule has 9 nitrogen and oxygen atoms in total. The van der Waals surface area contributed by atoms with Crippen molar-refractivity contribution in [3.8, 4) is 17.2 Å². The van der Waals surface area contributed by atoms with Crippen LogP contribution in [0, 0.1) is 10.1 Å². The van der Waals surface area contributed by atoms with E-state index < -0.39 is 4.92 Å². The first-order valence-electron chi connectivity index (χ1n) is 9.14. The molecule has 0 fully saturated rings. The molecule has 0 spiro atoms. The molecule has 1 atom stereocenters. The highest BCUT2D eigenvalue weighted by molar-refractivity contribution is 5.93. The summed E-state index contributed by atoms with van der Waals surface area (Å²) in [6.45, 7) is 1.78.